The number of benzene rings is 2. The van der Waals surface area contributed by atoms with E-state index >= 15 is 0 Å². The Labute approximate surface area is 196 Å². The monoisotopic (exact) mass is 463 g/mol. The molecular weight excluding hydrogens is 438 g/mol. The molecular formula is C25H25N3O6. The van der Waals surface area contributed by atoms with Gasteiger partial charge in [-0.3, -0.25) is 24.1 Å². The van der Waals surface area contributed by atoms with Crippen LogP contribution in [0.25, 0.3) is 0 Å². The third-order valence-corrected chi connectivity index (χ3v) is 6.06. The fraction of sp³-hybridized carbons (Fsp3) is 0.320. The number of ketones is 1. The van der Waals surface area contributed by atoms with Gasteiger partial charge in [-0.2, -0.15) is 0 Å². The minimum atomic E-state index is -1.67. The zero-order chi connectivity index (χ0) is 24.6. The average molecular weight is 463 g/mol. The number of hydrogen-bond donors (Lipinski definition) is 1. The summed E-state index contributed by atoms with van der Waals surface area (Å²) in [5.74, 6) is -2.41. The van der Waals surface area contributed by atoms with E-state index in [0.717, 1.165) is 0 Å². The van der Waals surface area contributed by atoms with E-state index in [2.05, 4.69) is 5.32 Å². The van der Waals surface area contributed by atoms with E-state index in [1.807, 2.05) is 0 Å². The molecule has 0 saturated carbocycles. The first-order valence-electron chi connectivity index (χ1n) is 11.0. The Hall–Kier alpha value is -4.01. The molecule has 2 aliphatic rings. The number of anilines is 2. The van der Waals surface area contributed by atoms with E-state index in [1.54, 1.807) is 62.4 Å². The van der Waals surface area contributed by atoms with Crippen molar-refractivity contribution in [2.45, 2.75) is 45.3 Å². The predicted octanol–water partition coefficient (Wildman–Crippen LogP) is 2.76. The van der Waals surface area contributed by atoms with E-state index in [4.69, 9.17) is 4.74 Å². The number of hydrogen-bond acceptors (Lipinski definition) is 6. The van der Waals surface area contributed by atoms with E-state index in [1.165, 1.54) is 16.7 Å². The SMILES string of the molecule is CC(=O)c1ccccc1NC(=O)COC(=O)C12CCC(=O)N1c1ccccc1C(=O)N2C(C)C. The molecule has 0 bridgehead atoms. The quantitative estimate of drug-likeness (QED) is 0.521. The van der Waals surface area contributed by atoms with Crippen LogP contribution in [-0.2, 0) is 19.1 Å². The number of carbonyl (C=O) groups is 5. The van der Waals surface area contributed by atoms with Crippen molar-refractivity contribution in [1.29, 1.82) is 0 Å². The van der Waals surface area contributed by atoms with Crippen LogP contribution in [0.2, 0.25) is 0 Å². The lowest BCUT2D eigenvalue weighted by Gasteiger charge is -2.50. The topological polar surface area (TPSA) is 113 Å². The normalized spacial score (nSPS) is 19.1. The smallest absolute Gasteiger partial charge is 0.354 e. The van der Waals surface area contributed by atoms with E-state index in [-0.39, 0.29) is 30.4 Å². The number of nitrogens with one attached hydrogen (secondary N) is 1. The number of amides is 3. The zero-order valence-electron chi connectivity index (χ0n) is 19.2. The van der Waals surface area contributed by atoms with Gasteiger partial charge in [0.1, 0.15) is 0 Å². The Morgan fingerprint density at radius 1 is 1.06 bits per heavy atom. The molecule has 2 aliphatic heterocycles. The third kappa shape index (κ3) is 3.63. The molecule has 1 unspecified atom stereocenters. The highest BCUT2D eigenvalue weighted by molar-refractivity contribution is 6.16. The molecule has 2 heterocycles. The fourth-order valence-electron chi connectivity index (χ4n) is 4.71. The van der Waals surface area contributed by atoms with Gasteiger partial charge in [-0.25, -0.2) is 4.79 Å². The van der Waals surface area contributed by atoms with Crippen LogP contribution in [0.15, 0.2) is 48.5 Å². The fourth-order valence-corrected chi connectivity index (χ4v) is 4.71. The standard InChI is InChI=1S/C25H25N3O6/c1-15(2)27-23(32)18-9-5-7-11-20(18)28-22(31)12-13-25(27,28)24(33)34-14-21(30)26-19-10-6-4-8-17(19)16(3)29/h4-11,15H,12-14H2,1-3H3,(H,26,30). The Kier molecular flexibility index (Phi) is 5.95. The maximum absolute atomic E-state index is 13.5. The zero-order valence-corrected chi connectivity index (χ0v) is 19.2. The van der Waals surface area contributed by atoms with Gasteiger partial charge >= 0.3 is 5.97 Å². The van der Waals surface area contributed by atoms with Crippen molar-refractivity contribution >= 4 is 40.8 Å². The molecule has 0 radical (unpaired) electrons. The molecule has 0 spiro atoms. The summed E-state index contributed by atoms with van der Waals surface area (Å²) in [7, 11) is 0. The van der Waals surface area contributed by atoms with Gasteiger partial charge in [0.25, 0.3) is 11.8 Å². The summed E-state index contributed by atoms with van der Waals surface area (Å²) in [6.45, 7) is 4.26. The van der Waals surface area contributed by atoms with Crippen molar-refractivity contribution < 1.29 is 28.7 Å². The summed E-state index contributed by atoms with van der Waals surface area (Å²) in [5.41, 5.74) is -0.364. The summed E-state index contributed by atoms with van der Waals surface area (Å²) < 4.78 is 5.39. The van der Waals surface area contributed by atoms with Crippen LogP contribution in [0.4, 0.5) is 11.4 Å². The van der Waals surface area contributed by atoms with Crippen molar-refractivity contribution in [3.63, 3.8) is 0 Å². The molecule has 0 aliphatic carbocycles. The first-order chi connectivity index (χ1) is 16.2. The Morgan fingerprint density at radius 3 is 2.44 bits per heavy atom. The van der Waals surface area contributed by atoms with Gasteiger partial charge in [-0.05, 0) is 45.0 Å². The molecule has 176 valence electrons. The van der Waals surface area contributed by atoms with Gasteiger partial charge < -0.3 is 15.0 Å². The lowest BCUT2D eigenvalue weighted by Crippen LogP contribution is -2.70. The van der Waals surface area contributed by atoms with Crippen molar-refractivity contribution in [2.24, 2.45) is 0 Å². The van der Waals surface area contributed by atoms with Gasteiger partial charge in [-0.1, -0.05) is 24.3 Å². The number of carbonyl (C=O) groups excluding carboxylic acids is 5. The summed E-state index contributed by atoms with van der Waals surface area (Å²) >= 11 is 0. The molecule has 1 saturated heterocycles. The molecule has 2 aromatic carbocycles. The Balaban J connectivity index is 1.61. The summed E-state index contributed by atoms with van der Waals surface area (Å²) in [4.78, 5) is 66.8. The summed E-state index contributed by atoms with van der Waals surface area (Å²) in [5, 5.41) is 2.58. The molecule has 9 nitrogen and oxygen atoms in total. The van der Waals surface area contributed by atoms with Crippen LogP contribution in [0.1, 0.15) is 54.3 Å². The van der Waals surface area contributed by atoms with Gasteiger partial charge in [-0.15, -0.1) is 0 Å². The molecule has 1 atom stereocenters. The molecule has 1 fully saturated rings. The largest absolute Gasteiger partial charge is 0.452 e. The Bertz CT molecular complexity index is 1210. The van der Waals surface area contributed by atoms with Gasteiger partial charge in [0, 0.05) is 24.4 Å². The van der Waals surface area contributed by atoms with Gasteiger partial charge in [0.05, 0.1) is 16.9 Å². The maximum Gasteiger partial charge on any atom is 0.354 e. The number of rotatable bonds is 6. The van der Waals surface area contributed by atoms with E-state index in [9.17, 15) is 24.0 Å². The van der Waals surface area contributed by atoms with Crippen molar-refractivity contribution in [3.8, 4) is 0 Å². The number of nitrogens with zero attached hydrogens (tertiary/aromatic N) is 2. The first-order valence-corrected chi connectivity index (χ1v) is 11.0. The summed E-state index contributed by atoms with van der Waals surface area (Å²) in [6, 6.07) is 12.7. The minimum absolute atomic E-state index is 0.0533. The summed E-state index contributed by atoms with van der Waals surface area (Å²) in [6.07, 6.45) is 0.107. The molecule has 4 rings (SSSR count). The van der Waals surface area contributed by atoms with Crippen LogP contribution < -0.4 is 10.2 Å². The molecule has 3 amide bonds. The van der Waals surface area contributed by atoms with Crippen LogP contribution in [0, 0.1) is 0 Å². The van der Waals surface area contributed by atoms with Crippen LogP contribution >= 0.6 is 0 Å². The molecule has 2 aromatic rings. The molecule has 0 aromatic heterocycles. The average Bonchev–Trinajstić information content (AvgIpc) is 3.15. The van der Waals surface area contributed by atoms with E-state index < -0.39 is 30.2 Å². The number of esters is 1. The molecule has 1 N–H and O–H groups in total. The first kappa shape index (κ1) is 23.2. The van der Waals surface area contributed by atoms with Gasteiger partial charge in [0.15, 0.2) is 12.4 Å². The number of fused-ring (bicyclic) bond motifs is 3. The second-order valence-electron chi connectivity index (χ2n) is 8.56. The lowest BCUT2D eigenvalue weighted by molar-refractivity contribution is -0.160. The van der Waals surface area contributed by atoms with Crippen molar-refractivity contribution in [1.82, 2.24) is 4.90 Å². The second-order valence-corrected chi connectivity index (χ2v) is 8.56. The highest BCUT2D eigenvalue weighted by Crippen LogP contribution is 2.45. The highest BCUT2D eigenvalue weighted by Gasteiger charge is 2.62. The highest BCUT2D eigenvalue weighted by atomic mass is 16.5. The molecule has 9 heteroatoms. The minimum Gasteiger partial charge on any atom is -0.452 e. The Morgan fingerprint density at radius 2 is 1.74 bits per heavy atom. The van der Waals surface area contributed by atoms with Crippen molar-refractivity contribution in [3.05, 3.63) is 59.7 Å². The third-order valence-electron chi connectivity index (χ3n) is 6.06. The maximum atomic E-state index is 13.5. The van der Waals surface area contributed by atoms with E-state index in [0.29, 0.717) is 22.5 Å². The predicted molar refractivity (Wildman–Crippen MR) is 123 cm³/mol. The van der Waals surface area contributed by atoms with Gasteiger partial charge in [0.2, 0.25) is 11.6 Å². The second kappa shape index (κ2) is 8.74. The van der Waals surface area contributed by atoms with Crippen LogP contribution in [0.5, 0.6) is 0 Å². The molecule has 34 heavy (non-hydrogen) atoms. The number of para-hydroxylation sites is 2. The number of Topliss-reactive ketones (excluding diaryl/α,β-unsaturated/α-hetero) is 1. The lowest BCUT2D eigenvalue weighted by atomic mass is 9.95. The van der Waals surface area contributed by atoms with Crippen LogP contribution in [-0.4, -0.2) is 52.7 Å². The van der Waals surface area contributed by atoms with Crippen LogP contribution in [0.3, 0.4) is 0 Å². The number of ether oxygens (including phenoxy) is 1. The van der Waals surface area contributed by atoms with Crippen molar-refractivity contribution in [2.75, 3.05) is 16.8 Å².